The number of hydrogen-bond donors (Lipinski definition) is 0. The van der Waals surface area contributed by atoms with Crippen molar-refractivity contribution in [2.45, 2.75) is 161 Å². The summed E-state index contributed by atoms with van der Waals surface area (Å²) >= 11 is 0. The van der Waals surface area contributed by atoms with Crippen LogP contribution in [0.25, 0.3) is 0 Å². The van der Waals surface area contributed by atoms with Crippen LogP contribution in [0.1, 0.15) is 139 Å². The van der Waals surface area contributed by atoms with Crippen LogP contribution in [0.4, 0.5) is 22.7 Å². The molecule has 3 fully saturated rings. The fraction of sp³-hybridized carbons (Fsp3) is 0.400. The smallest absolute Gasteiger partial charge is 0.266 e. The van der Waals surface area contributed by atoms with Gasteiger partial charge in [0, 0.05) is 67.6 Å². The molecule has 0 radical (unpaired) electrons. The van der Waals surface area contributed by atoms with Crippen LogP contribution in [0.3, 0.4) is 0 Å². The van der Waals surface area contributed by atoms with Gasteiger partial charge in [-0.3, -0.25) is 14.0 Å². The van der Waals surface area contributed by atoms with Crippen molar-refractivity contribution in [3.05, 3.63) is 202 Å². The molecule has 1 amide bonds. The Balaban J connectivity index is 0.000000155. The van der Waals surface area contributed by atoms with Crippen LogP contribution < -0.4 is 18.4 Å². The average Bonchev–Trinajstić information content (AvgIpc) is 1.46. The monoisotopic (exact) mass is 1160 g/mol. The van der Waals surface area contributed by atoms with Gasteiger partial charge < -0.3 is 14.7 Å². The Morgan fingerprint density at radius 3 is 1.67 bits per heavy atom. The molecule has 1 unspecified atom stereocenters. The van der Waals surface area contributed by atoms with E-state index in [1.165, 1.54) is 33.4 Å². The van der Waals surface area contributed by atoms with Crippen LogP contribution in [0, 0.1) is 11.3 Å². The summed E-state index contributed by atoms with van der Waals surface area (Å²) in [7, 11) is -3.64. The van der Waals surface area contributed by atoms with Crippen molar-refractivity contribution < 1.29 is 21.6 Å². The molecular weight excluding hydrogens is 1080 g/mol. The fourth-order valence-corrected chi connectivity index (χ4v) is 22.4. The number of benzene rings is 6. The number of piperidine rings is 1. The summed E-state index contributed by atoms with van der Waals surface area (Å²) in [4.78, 5) is 23.1. The summed E-state index contributed by atoms with van der Waals surface area (Å²) < 4.78 is 62.2. The number of anilines is 4. The highest BCUT2D eigenvalue weighted by atomic mass is 32.2. The number of amides is 1. The summed E-state index contributed by atoms with van der Waals surface area (Å²) in [6, 6.07) is 49.2. The molecule has 10 aliphatic rings. The Labute approximate surface area is 497 Å². The molecule has 2 spiro atoms. The lowest BCUT2D eigenvalue weighted by Crippen LogP contribution is -2.75. The molecule has 1 saturated carbocycles. The van der Waals surface area contributed by atoms with E-state index in [2.05, 4.69) is 134 Å². The molecule has 6 aromatic rings. The van der Waals surface area contributed by atoms with Gasteiger partial charge in [-0.25, -0.2) is 21.1 Å². The van der Waals surface area contributed by atoms with E-state index >= 15 is 0 Å². The van der Waals surface area contributed by atoms with Gasteiger partial charge in [0.25, 0.3) is 20.0 Å². The molecule has 2 bridgehead atoms. The number of hydrogen-bond acceptors (Lipinski definition) is 9. The predicted octanol–water partition coefficient (Wildman–Crippen LogP) is 13.0. The van der Waals surface area contributed by atoms with Gasteiger partial charge in [-0.2, -0.15) is 5.26 Å². The van der Waals surface area contributed by atoms with Crippen molar-refractivity contribution in [1.82, 2.24) is 9.80 Å². The molecule has 8 aliphatic heterocycles. The highest BCUT2D eigenvalue weighted by Crippen LogP contribution is 2.74. The standard InChI is InChI=1S/C35H37N3O2S.C34H36N4O3S.CH4/c1-24(2)22-25-12-10-21-35(32(23-36)37(3)30-18-9-15-27(25)33(30)35)34-20-11-19-31(34)38(29-17-8-7-16-28(29)34)41(39,40)26-13-5-4-6-14-26;1-22(2)21-29-25-13-10-16-28-30(25)34-18-20-37(29)32-33(34,17-19-36(32)23(3)39)26-14-8-9-15-27(26)38(31(34)35(28)4)42(40,41)24-11-6-5-7-12-24;/h4-9,13-18,22,25,31-32H,10-12,19-21H2,1-3H3;5-16,21,29,31-32H,17-20H2,1-4H3;1H4/t25-,31-,32-,34+,35-;29-,31+,32-,33+,34+;/m11./s1. The van der Waals surface area contributed by atoms with Crippen LogP contribution in [0.2, 0.25) is 0 Å². The molecule has 8 heterocycles. The first kappa shape index (κ1) is 56.0. The number of nitrogens with zero attached hydrogens (tertiary/aromatic N) is 7. The van der Waals surface area contributed by atoms with Crippen molar-refractivity contribution >= 4 is 48.7 Å². The third kappa shape index (κ3) is 7.03. The number of likely N-dealkylation sites (N-methyl/N-ethyl adjacent to an activating group) is 2. The molecule has 84 heavy (non-hydrogen) atoms. The number of allylic oxidation sites excluding steroid dienone is 3. The maximum absolute atomic E-state index is 14.8. The van der Waals surface area contributed by atoms with Crippen molar-refractivity contribution in [1.29, 1.82) is 5.26 Å². The minimum atomic E-state index is -3.94. The first-order valence-electron chi connectivity index (χ1n) is 29.8. The topological polar surface area (TPSA) is 129 Å². The second kappa shape index (κ2) is 19.7. The first-order valence-corrected chi connectivity index (χ1v) is 32.7. The Morgan fingerprint density at radius 2 is 1.05 bits per heavy atom. The van der Waals surface area contributed by atoms with Crippen LogP contribution in [-0.4, -0.2) is 84.1 Å². The van der Waals surface area contributed by atoms with E-state index in [0.717, 1.165) is 91.8 Å². The van der Waals surface area contributed by atoms with Gasteiger partial charge in [0.2, 0.25) is 5.91 Å². The molecule has 14 heteroatoms. The fourth-order valence-electron chi connectivity index (χ4n) is 18.9. The molecule has 12 nitrogen and oxygen atoms in total. The Hall–Kier alpha value is -7.18. The maximum atomic E-state index is 14.8. The third-order valence-corrected chi connectivity index (χ3v) is 24.9. The van der Waals surface area contributed by atoms with E-state index in [4.69, 9.17) is 0 Å². The van der Waals surface area contributed by atoms with E-state index < -0.39 is 53.9 Å². The minimum Gasteiger partial charge on any atom is -0.358 e. The molecule has 0 aromatic heterocycles. The lowest BCUT2D eigenvalue weighted by atomic mass is 9.50. The number of rotatable bonds is 7. The van der Waals surface area contributed by atoms with E-state index in [9.17, 15) is 26.9 Å². The second-order valence-electron chi connectivity index (χ2n) is 25.4. The summed E-state index contributed by atoms with van der Waals surface area (Å²) in [5, 5.41) is 11.0. The predicted molar refractivity (Wildman–Crippen MR) is 334 cm³/mol. The number of sulfonamides is 2. The number of para-hydroxylation sites is 2. The average molecular weight is 1160 g/mol. The summed E-state index contributed by atoms with van der Waals surface area (Å²) in [6.45, 7) is 11.7. The SMILES string of the molecule is C.CC(=O)N1CC[C@@]23c4ccccc4N(S(=O)(=O)c4ccccc4)[C@@H]4N(C)c5cccc6c5[C@@]42CCN([C@@H]6C=C(C)C)[C@@H]13.CC(C)=C[C@H]1CCC[C@]2([C@]34CCC[C@H]3N(S(=O)(=O)c3ccccc3)c3ccccc34)c3c1cccc3N(C)[C@@H]2C#N. The number of likely N-dealkylation sites (tertiary alicyclic amines) is 1. The Bertz CT molecular complexity index is 4010. The number of nitriles is 1. The van der Waals surface area contributed by atoms with E-state index in [1.807, 2.05) is 42.5 Å². The van der Waals surface area contributed by atoms with Gasteiger partial charge in [0.05, 0.1) is 50.9 Å². The summed E-state index contributed by atoms with van der Waals surface area (Å²) in [6.07, 6.45) is 11.1. The molecule has 6 aromatic carbocycles. The summed E-state index contributed by atoms with van der Waals surface area (Å²) in [5.74, 6) is 0.348. The van der Waals surface area contributed by atoms with Gasteiger partial charge >= 0.3 is 0 Å². The van der Waals surface area contributed by atoms with Gasteiger partial charge in [0.15, 0.2) is 0 Å². The quantitative estimate of drug-likeness (QED) is 0.144. The molecular formula is C70H77N7O5S2. The van der Waals surface area contributed by atoms with Crippen molar-refractivity contribution in [3.63, 3.8) is 0 Å². The first-order chi connectivity index (χ1) is 39.9. The lowest BCUT2D eigenvalue weighted by Gasteiger charge is -2.63. The Morgan fingerprint density at radius 1 is 0.536 bits per heavy atom. The molecule has 11 atom stereocenters. The van der Waals surface area contributed by atoms with Crippen LogP contribution >= 0.6 is 0 Å². The normalized spacial score (nSPS) is 30.4. The third-order valence-electron chi connectivity index (χ3n) is 21.3. The van der Waals surface area contributed by atoms with Crippen molar-refractivity contribution in [2.75, 3.05) is 45.6 Å². The second-order valence-corrected chi connectivity index (χ2v) is 29.1. The number of carbonyl (C=O) groups excluding carboxylic acids is 1. The minimum absolute atomic E-state index is 0. The number of carbonyl (C=O) groups is 1. The molecule has 2 saturated heterocycles. The molecule has 0 N–H and O–H groups in total. The maximum Gasteiger partial charge on any atom is 0.266 e. The van der Waals surface area contributed by atoms with Crippen molar-refractivity contribution in [2.24, 2.45) is 0 Å². The van der Waals surface area contributed by atoms with Gasteiger partial charge in [-0.1, -0.05) is 141 Å². The highest BCUT2D eigenvalue weighted by Gasteiger charge is 2.78. The molecule has 2 aliphatic carbocycles. The zero-order valence-corrected chi connectivity index (χ0v) is 50.2. The van der Waals surface area contributed by atoms with Crippen molar-refractivity contribution in [3.8, 4) is 6.07 Å². The van der Waals surface area contributed by atoms with Crippen LogP contribution in [0.15, 0.2) is 179 Å². The zero-order chi connectivity index (χ0) is 57.8. The van der Waals surface area contributed by atoms with E-state index in [0.29, 0.717) is 16.3 Å². The van der Waals surface area contributed by atoms with Gasteiger partial charge in [-0.15, -0.1) is 0 Å². The molecule has 434 valence electrons. The zero-order valence-electron chi connectivity index (χ0n) is 48.5. The lowest BCUT2D eigenvalue weighted by molar-refractivity contribution is -0.139. The largest absolute Gasteiger partial charge is 0.358 e. The highest BCUT2D eigenvalue weighted by molar-refractivity contribution is 7.93. The van der Waals surface area contributed by atoms with E-state index in [-0.39, 0.29) is 37.5 Å². The molecule has 16 rings (SSSR count). The number of fused-ring (bicyclic) bond motifs is 6. The Kier molecular flexibility index (Phi) is 13.1. The van der Waals surface area contributed by atoms with E-state index in [1.54, 1.807) is 64.1 Å². The van der Waals surface area contributed by atoms with Gasteiger partial charge in [0.1, 0.15) is 12.2 Å². The van der Waals surface area contributed by atoms with Gasteiger partial charge in [-0.05, 0) is 148 Å². The van der Waals surface area contributed by atoms with Crippen LogP contribution in [0.5, 0.6) is 0 Å². The van der Waals surface area contributed by atoms with Crippen LogP contribution in [-0.2, 0) is 46.5 Å². The summed E-state index contributed by atoms with van der Waals surface area (Å²) in [5.41, 5.74) is 11.4.